The normalized spacial score (nSPS) is 11.0. The fraction of sp³-hybridized carbons (Fsp3) is 0.200. The Hall–Kier alpha value is -3.01. The standard InChI is InChI=1S/C20H17ClN4O4S/c1-28-14-3-2-4-15-18(14)23-17(30-15)10-16-24-25-20(29-16)11-5-6-13(21)12(9-11)19(27)22-7-8-26/h2-6,9,26H,7-8,10H2,1H3,(H,22,27). The molecule has 0 bridgehead atoms. The topological polar surface area (TPSA) is 110 Å². The van der Waals surface area contributed by atoms with Gasteiger partial charge in [0.15, 0.2) is 0 Å². The van der Waals surface area contributed by atoms with Gasteiger partial charge in [0, 0.05) is 12.1 Å². The monoisotopic (exact) mass is 444 g/mol. The lowest BCUT2D eigenvalue weighted by molar-refractivity contribution is 0.0945. The molecule has 2 N–H and O–H groups in total. The number of hydrogen-bond donors (Lipinski definition) is 2. The molecule has 0 aliphatic rings. The fourth-order valence-corrected chi connectivity index (χ4v) is 4.06. The number of rotatable bonds is 7. The van der Waals surface area contributed by atoms with Crippen molar-refractivity contribution in [1.82, 2.24) is 20.5 Å². The predicted octanol–water partition coefficient (Wildman–Crippen LogP) is 3.32. The highest BCUT2D eigenvalue weighted by atomic mass is 35.5. The van der Waals surface area contributed by atoms with Crippen LogP contribution in [0, 0.1) is 0 Å². The van der Waals surface area contributed by atoms with Gasteiger partial charge in [-0.25, -0.2) is 4.98 Å². The molecule has 30 heavy (non-hydrogen) atoms. The Morgan fingerprint density at radius 3 is 2.97 bits per heavy atom. The number of amides is 1. The molecule has 1 amide bonds. The van der Waals surface area contributed by atoms with E-state index in [9.17, 15) is 4.79 Å². The van der Waals surface area contributed by atoms with E-state index in [1.165, 1.54) is 11.3 Å². The Kier molecular flexibility index (Phi) is 5.93. The Labute approximate surface area is 180 Å². The number of thiazole rings is 1. The maximum atomic E-state index is 12.2. The molecule has 154 valence electrons. The summed E-state index contributed by atoms with van der Waals surface area (Å²) in [5.41, 5.74) is 1.63. The summed E-state index contributed by atoms with van der Waals surface area (Å²) < 4.78 is 12.1. The second-order valence-electron chi connectivity index (χ2n) is 6.27. The number of nitrogens with one attached hydrogen (secondary N) is 1. The largest absolute Gasteiger partial charge is 0.494 e. The first-order valence-electron chi connectivity index (χ1n) is 9.03. The number of aromatic nitrogens is 3. The molecule has 0 saturated carbocycles. The number of aliphatic hydroxyl groups excluding tert-OH is 1. The van der Waals surface area contributed by atoms with Crippen LogP contribution in [0.15, 0.2) is 40.8 Å². The minimum absolute atomic E-state index is 0.136. The highest BCUT2D eigenvalue weighted by Crippen LogP contribution is 2.31. The summed E-state index contributed by atoms with van der Waals surface area (Å²) in [6, 6.07) is 10.6. The van der Waals surface area contributed by atoms with Crippen molar-refractivity contribution in [3.05, 3.63) is 57.9 Å². The van der Waals surface area contributed by atoms with Gasteiger partial charge < -0.3 is 19.6 Å². The molecule has 8 nitrogen and oxygen atoms in total. The van der Waals surface area contributed by atoms with Crippen LogP contribution in [0.5, 0.6) is 5.75 Å². The van der Waals surface area contributed by atoms with Gasteiger partial charge in [-0.3, -0.25) is 4.79 Å². The summed E-state index contributed by atoms with van der Waals surface area (Å²) >= 11 is 7.66. The van der Waals surface area contributed by atoms with Gasteiger partial charge in [-0.05, 0) is 30.3 Å². The number of benzene rings is 2. The zero-order chi connectivity index (χ0) is 21.1. The lowest BCUT2D eigenvalue weighted by atomic mass is 10.1. The molecule has 0 fully saturated rings. The van der Waals surface area contributed by atoms with Crippen molar-refractivity contribution in [2.45, 2.75) is 6.42 Å². The molecule has 0 aliphatic carbocycles. The number of nitrogens with zero attached hydrogens (tertiary/aromatic N) is 3. The van der Waals surface area contributed by atoms with E-state index in [-0.39, 0.29) is 35.5 Å². The van der Waals surface area contributed by atoms with Crippen LogP contribution < -0.4 is 10.1 Å². The highest BCUT2D eigenvalue weighted by molar-refractivity contribution is 7.18. The maximum Gasteiger partial charge on any atom is 0.252 e. The lowest BCUT2D eigenvalue weighted by Gasteiger charge is -2.06. The average Bonchev–Trinajstić information content (AvgIpc) is 3.39. The Morgan fingerprint density at radius 1 is 1.30 bits per heavy atom. The van der Waals surface area contributed by atoms with Crippen molar-refractivity contribution < 1.29 is 19.1 Å². The van der Waals surface area contributed by atoms with Gasteiger partial charge >= 0.3 is 0 Å². The van der Waals surface area contributed by atoms with Gasteiger partial charge in [-0.2, -0.15) is 0 Å². The van der Waals surface area contributed by atoms with Crippen molar-refractivity contribution >= 4 is 39.1 Å². The summed E-state index contributed by atoms with van der Waals surface area (Å²) in [7, 11) is 1.61. The molecule has 2 aromatic carbocycles. The minimum atomic E-state index is -0.390. The molecule has 0 radical (unpaired) electrons. The second kappa shape index (κ2) is 8.78. The summed E-state index contributed by atoms with van der Waals surface area (Å²) in [6.07, 6.45) is 0.382. The smallest absolute Gasteiger partial charge is 0.252 e. The van der Waals surface area contributed by atoms with Crippen LogP contribution in [-0.4, -0.2) is 46.5 Å². The molecule has 2 aromatic heterocycles. The second-order valence-corrected chi connectivity index (χ2v) is 7.79. The molecule has 0 aliphatic heterocycles. The van der Waals surface area contributed by atoms with E-state index in [1.54, 1.807) is 25.3 Å². The summed E-state index contributed by atoms with van der Waals surface area (Å²) in [5, 5.41) is 20.7. The predicted molar refractivity (Wildman–Crippen MR) is 113 cm³/mol. The van der Waals surface area contributed by atoms with Crippen LogP contribution in [0.4, 0.5) is 0 Å². The van der Waals surface area contributed by atoms with E-state index in [2.05, 4.69) is 20.5 Å². The number of fused-ring (bicyclic) bond motifs is 1. The first-order chi connectivity index (χ1) is 14.6. The fourth-order valence-electron chi connectivity index (χ4n) is 2.88. The third kappa shape index (κ3) is 4.13. The number of para-hydroxylation sites is 1. The van der Waals surface area contributed by atoms with E-state index in [0.29, 0.717) is 17.9 Å². The van der Waals surface area contributed by atoms with Gasteiger partial charge in [0.1, 0.15) is 16.3 Å². The van der Waals surface area contributed by atoms with E-state index in [1.807, 2.05) is 18.2 Å². The van der Waals surface area contributed by atoms with Crippen molar-refractivity contribution in [3.63, 3.8) is 0 Å². The zero-order valence-electron chi connectivity index (χ0n) is 15.9. The number of carbonyl (C=O) groups is 1. The first-order valence-corrected chi connectivity index (χ1v) is 10.2. The van der Waals surface area contributed by atoms with Crippen molar-refractivity contribution in [2.24, 2.45) is 0 Å². The number of halogens is 1. The maximum absolute atomic E-state index is 12.2. The molecule has 4 aromatic rings. The van der Waals surface area contributed by atoms with Crippen LogP contribution in [0.1, 0.15) is 21.3 Å². The quantitative estimate of drug-likeness (QED) is 0.449. The molecule has 2 heterocycles. The van der Waals surface area contributed by atoms with E-state index >= 15 is 0 Å². The van der Waals surface area contributed by atoms with Crippen molar-refractivity contribution in [3.8, 4) is 17.2 Å². The van der Waals surface area contributed by atoms with Crippen molar-refractivity contribution in [2.75, 3.05) is 20.3 Å². The molecule has 0 saturated heterocycles. The van der Waals surface area contributed by atoms with E-state index < -0.39 is 0 Å². The van der Waals surface area contributed by atoms with Crippen LogP contribution in [0.3, 0.4) is 0 Å². The minimum Gasteiger partial charge on any atom is -0.494 e. The molecule has 4 rings (SSSR count). The number of ether oxygens (including phenoxy) is 1. The molecule has 0 atom stereocenters. The van der Waals surface area contributed by atoms with Gasteiger partial charge in [-0.1, -0.05) is 17.7 Å². The Balaban J connectivity index is 1.57. The summed E-state index contributed by atoms with van der Waals surface area (Å²) in [5.74, 6) is 1.01. The van der Waals surface area contributed by atoms with Crippen LogP contribution in [0.2, 0.25) is 5.02 Å². The number of aliphatic hydroxyl groups is 1. The van der Waals surface area contributed by atoms with Gasteiger partial charge in [-0.15, -0.1) is 21.5 Å². The van der Waals surface area contributed by atoms with Crippen LogP contribution in [0.25, 0.3) is 21.7 Å². The van der Waals surface area contributed by atoms with E-state index in [4.69, 9.17) is 25.9 Å². The highest BCUT2D eigenvalue weighted by Gasteiger charge is 2.16. The van der Waals surface area contributed by atoms with Crippen molar-refractivity contribution in [1.29, 1.82) is 0 Å². The summed E-state index contributed by atoms with van der Waals surface area (Å²) in [6.45, 7) is -0.0231. The van der Waals surface area contributed by atoms with E-state index in [0.717, 1.165) is 21.0 Å². The molecule has 0 spiro atoms. The third-order valence-electron chi connectivity index (χ3n) is 4.27. The number of hydrogen-bond acceptors (Lipinski definition) is 8. The zero-order valence-corrected chi connectivity index (χ0v) is 17.5. The Morgan fingerprint density at radius 2 is 2.17 bits per heavy atom. The first kappa shape index (κ1) is 20.3. The van der Waals surface area contributed by atoms with Gasteiger partial charge in [0.25, 0.3) is 5.91 Å². The lowest BCUT2D eigenvalue weighted by Crippen LogP contribution is -2.26. The molecular formula is C20H17ClN4O4S. The SMILES string of the molecule is COc1cccc2sc(Cc3nnc(-c4ccc(Cl)c(C(=O)NCCO)c4)o3)nc12. The molecular weight excluding hydrogens is 428 g/mol. The molecule has 0 unspecified atom stereocenters. The third-order valence-corrected chi connectivity index (χ3v) is 5.62. The molecule has 10 heteroatoms. The number of carbonyl (C=O) groups excluding carboxylic acids is 1. The van der Waals surface area contributed by atoms with Gasteiger partial charge in [0.2, 0.25) is 11.8 Å². The number of methoxy groups -OCH3 is 1. The average molecular weight is 445 g/mol. The summed E-state index contributed by atoms with van der Waals surface area (Å²) in [4.78, 5) is 16.8. The van der Waals surface area contributed by atoms with Crippen LogP contribution >= 0.6 is 22.9 Å². The van der Waals surface area contributed by atoms with Crippen LogP contribution in [-0.2, 0) is 6.42 Å². The Bertz CT molecular complexity index is 1210. The van der Waals surface area contributed by atoms with Gasteiger partial charge in [0.05, 0.1) is 35.4 Å².